The van der Waals surface area contributed by atoms with E-state index in [1.54, 1.807) is 13.0 Å². The Morgan fingerprint density at radius 2 is 1.96 bits per heavy atom. The van der Waals surface area contributed by atoms with Crippen LogP contribution in [0.4, 0.5) is 0 Å². The van der Waals surface area contributed by atoms with Crippen molar-refractivity contribution >= 4 is 5.97 Å². The first-order valence-electron chi connectivity index (χ1n) is 8.94. The van der Waals surface area contributed by atoms with E-state index in [2.05, 4.69) is 9.88 Å². The van der Waals surface area contributed by atoms with Gasteiger partial charge >= 0.3 is 5.97 Å². The van der Waals surface area contributed by atoms with Gasteiger partial charge in [-0.2, -0.15) is 0 Å². The fourth-order valence-electron chi connectivity index (χ4n) is 2.77. The minimum Gasteiger partial charge on any atom is -0.492 e. The molecule has 1 aromatic carbocycles. The summed E-state index contributed by atoms with van der Waals surface area (Å²) in [5.41, 5.74) is 1.88. The molecule has 1 aromatic heterocycles. The van der Waals surface area contributed by atoms with Crippen LogP contribution in [0.25, 0.3) is 11.3 Å². The maximum atomic E-state index is 12.1. The zero-order valence-electron chi connectivity index (χ0n) is 15.0. The molecule has 1 aliphatic rings. The number of carbonyl (C=O) groups excluding carboxylic acids is 1. The number of nitrogens with zero attached hydrogens (tertiary/aromatic N) is 2. The topological polar surface area (TPSA) is 60.9 Å². The summed E-state index contributed by atoms with van der Waals surface area (Å²) >= 11 is 0. The summed E-state index contributed by atoms with van der Waals surface area (Å²) in [6.07, 6.45) is 0. The van der Waals surface area contributed by atoms with E-state index in [0.29, 0.717) is 24.7 Å². The van der Waals surface area contributed by atoms with Crippen LogP contribution in [0.5, 0.6) is 5.75 Å². The normalized spacial score (nSPS) is 14.8. The van der Waals surface area contributed by atoms with Crippen LogP contribution in [-0.2, 0) is 9.47 Å². The monoisotopic (exact) mass is 356 g/mol. The fraction of sp³-hybridized carbons (Fsp3) is 0.400. The summed E-state index contributed by atoms with van der Waals surface area (Å²) < 4.78 is 16.4. The van der Waals surface area contributed by atoms with E-state index in [-0.39, 0.29) is 5.69 Å². The Morgan fingerprint density at radius 3 is 2.69 bits per heavy atom. The maximum absolute atomic E-state index is 12.1. The van der Waals surface area contributed by atoms with Gasteiger partial charge < -0.3 is 14.2 Å². The third kappa shape index (κ3) is 5.03. The smallest absolute Gasteiger partial charge is 0.357 e. The predicted octanol–water partition coefficient (Wildman–Crippen LogP) is 2.64. The van der Waals surface area contributed by atoms with Gasteiger partial charge in [0.05, 0.1) is 25.5 Å². The van der Waals surface area contributed by atoms with Gasteiger partial charge in [0.1, 0.15) is 12.4 Å². The van der Waals surface area contributed by atoms with Gasteiger partial charge in [0.25, 0.3) is 0 Å². The van der Waals surface area contributed by atoms with Gasteiger partial charge in [0.2, 0.25) is 0 Å². The number of morpholine rings is 1. The van der Waals surface area contributed by atoms with Crippen LogP contribution in [0, 0.1) is 0 Å². The summed E-state index contributed by atoms with van der Waals surface area (Å²) in [6.45, 7) is 6.82. The van der Waals surface area contributed by atoms with E-state index >= 15 is 0 Å². The maximum Gasteiger partial charge on any atom is 0.357 e. The molecular weight excluding hydrogens is 332 g/mol. The number of carbonyl (C=O) groups is 1. The van der Waals surface area contributed by atoms with Gasteiger partial charge in [-0.3, -0.25) is 4.90 Å². The van der Waals surface area contributed by atoms with Crippen molar-refractivity contribution in [3.63, 3.8) is 0 Å². The second kappa shape index (κ2) is 9.31. The lowest BCUT2D eigenvalue weighted by molar-refractivity contribution is 0.0322. The van der Waals surface area contributed by atoms with E-state index in [4.69, 9.17) is 14.2 Å². The molecule has 1 saturated heterocycles. The molecule has 0 N–H and O–H groups in total. The molecule has 0 saturated carbocycles. The predicted molar refractivity (Wildman–Crippen MR) is 98.4 cm³/mol. The number of esters is 1. The highest BCUT2D eigenvalue weighted by Gasteiger charge is 2.14. The Hall–Kier alpha value is -2.44. The lowest BCUT2D eigenvalue weighted by atomic mass is 10.1. The van der Waals surface area contributed by atoms with E-state index in [0.717, 1.165) is 38.4 Å². The van der Waals surface area contributed by atoms with Crippen molar-refractivity contribution in [3.05, 3.63) is 48.2 Å². The number of hydrogen-bond donors (Lipinski definition) is 0. The second-order valence-corrected chi connectivity index (χ2v) is 5.96. The molecule has 2 aromatic rings. The molecule has 26 heavy (non-hydrogen) atoms. The first kappa shape index (κ1) is 18.4. The average molecular weight is 356 g/mol. The number of aromatic nitrogens is 1. The van der Waals surface area contributed by atoms with Crippen LogP contribution in [0.2, 0.25) is 0 Å². The first-order chi connectivity index (χ1) is 12.8. The molecule has 0 spiro atoms. The molecule has 138 valence electrons. The third-order valence-electron chi connectivity index (χ3n) is 4.13. The van der Waals surface area contributed by atoms with Crippen LogP contribution in [0.1, 0.15) is 17.4 Å². The van der Waals surface area contributed by atoms with Crippen LogP contribution in [0.3, 0.4) is 0 Å². The molecule has 6 nitrogen and oxygen atoms in total. The minimum atomic E-state index is -0.441. The van der Waals surface area contributed by atoms with Crippen molar-refractivity contribution in [2.45, 2.75) is 6.92 Å². The Balaban J connectivity index is 1.74. The third-order valence-corrected chi connectivity index (χ3v) is 4.13. The van der Waals surface area contributed by atoms with Crippen molar-refractivity contribution in [2.24, 2.45) is 0 Å². The number of hydrogen-bond acceptors (Lipinski definition) is 6. The van der Waals surface area contributed by atoms with Crippen molar-refractivity contribution in [3.8, 4) is 17.0 Å². The molecule has 1 aliphatic heterocycles. The first-order valence-corrected chi connectivity index (χ1v) is 8.94. The molecule has 6 heteroatoms. The van der Waals surface area contributed by atoms with Crippen molar-refractivity contribution in [1.82, 2.24) is 9.88 Å². The molecule has 2 heterocycles. The molecule has 0 bridgehead atoms. The summed E-state index contributed by atoms with van der Waals surface area (Å²) in [5.74, 6) is 0.179. The lowest BCUT2D eigenvalue weighted by Crippen LogP contribution is -2.38. The summed E-state index contributed by atoms with van der Waals surface area (Å²) in [4.78, 5) is 18.9. The number of benzene rings is 1. The Morgan fingerprint density at radius 1 is 1.19 bits per heavy atom. The van der Waals surface area contributed by atoms with Gasteiger partial charge in [-0.1, -0.05) is 30.3 Å². The number of ether oxygens (including phenoxy) is 3. The van der Waals surface area contributed by atoms with E-state index < -0.39 is 5.97 Å². The highest BCUT2D eigenvalue weighted by atomic mass is 16.5. The second-order valence-electron chi connectivity index (χ2n) is 5.96. The van der Waals surface area contributed by atoms with E-state index in [9.17, 15) is 4.79 Å². The van der Waals surface area contributed by atoms with Gasteiger partial charge in [-0.15, -0.1) is 0 Å². The standard InChI is InChI=1S/C20H24N2O4/c1-2-25-20(23)19-15-17(26-13-10-22-8-11-24-12-9-22)14-18(21-19)16-6-4-3-5-7-16/h3-7,14-15H,2,8-13H2,1H3. The van der Waals surface area contributed by atoms with Gasteiger partial charge in [0.15, 0.2) is 5.69 Å². The molecule has 0 amide bonds. The molecule has 3 rings (SSSR count). The summed E-state index contributed by atoms with van der Waals surface area (Å²) in [7, 11) is 0. The molecular formula is C20H24N2O4. The summed E-state index contributed by atoms with van der Waals surface area (Å²) in [5, 5.41) is 0. The molecule has 0 aliphatic carbocycles. The quantitative estimate of drug-likeness (QED) is 0.711. The lowest BCUT2D eigenvalue weighted by Gasteiger charge is -2.26. The zero-order chi connectivity index (χ0) is 18.2. The van der Waals surface area contributed by atoms with E-state index in [1.807, 2.05) is 36.4 Å². The molecule has 0 radical (unpaired) electrons. The minimum absolute atomic E-state index is 0.259. The summed E-state index contributed by atoms with van der Waals surface area (Å²) in [6, 6.07) is 13.2. The fourth-order valence-corrected chi connectivity index (χ4v) is 2.77. The number of pyridine rings is 1. The SMILES string of the molecule is CCOC(=O)c1cc(OCCN2CCOCC2)cc(-c2ccccc2)n1. The average Bonchev–Trinajstić information content (AvgIpc) is 2.69. The van der Waals surface area contributed by atoms with Crippen LogP contribution in [-0.4, -0.2) is 61.9 Å². The molecule has 1 fully saturated rings. The largest absolute Gasteiger partial charge is 0.492 e. The highest BCUT2D eigenvalue weighted by Crippen LogP contribution is 2.23. The zero-order valence-corrected chi connectivity index (χ0v) is 15.0. The molecule has 0 unspecified atom stereocenters. The van der Waals surface area contributed by atoms with Gasteiger partial charge in [-0.25, -0.2) is 9.78 Å². The van der Waals surface area contributed by atoms with Crippen LogP contribution < -0.4 is 4.74 Å². The number of rotatable bonds is 7. The van der Waals surface area contributed by atoms with Crippen LogP contribution >= 0.6 is 0 Å². The van der Waals surface area contributed by atoms with Gasteiger partial charge in [-0.05, 0) is 6.92 Å². The van der Waals surface area contributed by atoms with E-state index in [1.165, 1.54) is 0 Å². The van der Waals surface area contributed by atoms with Crippen LogP contribution in [0.15, 0.2) is 42.5 Å². The van der Waals surface area contributed by atoms with Gasteiger partial charge in [0, 0.05) is 37.3 Å². The van der Waals surface area contributed by atoms with Crippen molar-refractivity contribution in [1.29, 1.82) is 0 Å². The Labute approximate surface area is 153 Å². The molecule has 0 atom stereocenters. The van der Waals surface area contributed by atoms with Crippen molar-refractivity contribution < 1.29 is 19.0 Å². The Kier molecular flexibility index (Phi) is 6.57. The Bertz CT molecular complexity index is 715. The van der Waals surface area contributed by atoms with Crippen molar-refractivity contribution in [2.75, 3.05) is 46.1 Å². The highest BCUT2D eigenvalue weighted by molar-refractivity contribution is 5.88.